The van der Waals surface area contributed by atoms with E-state index in [9.17, 15) is 13.2 Å². The van der Waals surface area contributed by atoms with Gasteiger partial charge in [-0.25, -0.2) is 4.39 Å². The first-order chi connectivity index (χ1) is 7.15. The van der Waals surface area contributed by atoms with Gasteiger partial charge in [0.05, 0.1) is 0 Å². The number of hydrogen-bond acceptors (Lipinski definition) is 1. The van der Waals surface area contributed by atoms with Crippen molar-refractivity contribution in [1.29, 1.82) is 0 Å². The molecular formula is C10H10BrF3O. The molecule has 0 heterocycles. The Hall–Kier alpha value is -0.710. The molecule has 15 heavy (non-hydrogen) atoms. The van der Waals surface area contributed by atoms with E-state index in [2.05, 4.69) is 20.7 Å². The number of benzene rings is 1. The predicted molar refractivity (Wildman–Crippen MR) is 55.1 cm³/mol. The van der Waals surface area contributed by atoms with Crippen molar-refractivity contribution in [3.63, 3.8) is 0 Å². The molecule has 0 bridgehead atoms. The monoisotopic (exact) mass is 282 g/mol. The molecule has 0 aromatic heterocycles. The van der Waals surface area contributed by atoms with Crippen LogP contribution in [0.2, 0.25) is 0 Å². The average Bonchev–Trinajstić information content (AvgIpc) is 2.18. The fourth-order valence-electron chi connectivity index (χ4n) is 1.23. The zero-order chi connectivity index (χ0) is 11.3. The standard InChI is InChI=1S/C10H10BrF3O/c11-6-2-4-7-3-1-5-8(12)9(7)15-10(13)14/h1,3,5,10H,2,4,6H2. The molecule has 1 rings (SSSR count). The smallest absolute Gasteiger partial charge is 0.387 e. The zero-order valence-corrected chi connectivity index (χ0v) is 9.44. The van der Waals surface area contributed by atoms with E-state index in [1.165, 1.54) is 6.07 Å². The SMILES string of the molecule is Fc1cccc(CCCBr)c1OC(F)F. The molecule has 1 aromatic carbocycles. The second kappa shape index (κ2) is 6.00. The zero-order valence-electron chi connectivity index (χ0n) is 7.85. The summed E-state index contributed by atoms with van der Waals surface area (Å²) in [6, 6.07) is 4.18. The van der Waals surface area contributed by atoms with E-state index in [1.54, 1.807) is 6.07 Å². The number of ether oxygens (including phenoxy) is 1. The van der Waals surface area contributed by atoms with Crippen molar-refractivity contribution in [2.24, 2.45) is 0 Å². The van der Waals surface area contributed by atoms with Crippen molar-refractivity contribution < 1.29 is 17.9 Å². The van der Waals surface area contributed by atoms with Crippen molar-refractivity contribution >= 4 is 15.9 Å². The molecule has 0 saturated heterocycles. The summed E-state index contributed by atoms with van der Waals surface area (Å²) in [7, 11) is 0. The van der Waals surface area contributed by atoms with Gasteiger partial charge in [0, 0.05) is 5.33 Å². The van der Waals surface area contributed by atoms with Gasteiger partial charge in [0.15, 0.2) is 11.6 Å². The quantitative estimate of drug-likeness (QED) is 0.748. The second-order valence-corrected chi connectivity index (χ2v) is 3.69. The van der Waals surface area contributed by atoms with Crippen LogP contribution in [-0.2, 0) is 6.42 Å². The Bertz CT molecular complexity index is 318. The number of para-hydroxylation sites is 1. The first-order valence-electron chi connectivity index (χ1n) is 4.43. The van der Waals surface area contributed by atoms with Gasteiger partial charge >= 0.3 is 6.61 Å². The van der Waals surface area contributed by atoms with Crippen molar-refractivity contribution in [2.45, 2.75) is 19.5 Å². The fourth-order valence-corrected chi connectivity index (χ4v) is 1.51. The molecular weight excluding hydrogens is 273 g/mol. The lowest BCUT2D eigenvalue weighted by Crippen LogP contribution is -2.06. The van der Waals surface area contributed by atoms with Crippen molar-refractivity contribution in [3.05, 3.63) is 29.6 Å². The van der Waals surface area contributed by atoms with Crippen LogP contribution in [-0.4, -0.2) is 11.9 Å². The fraction of sp³-hybridized carbons (Fsp3) is 0.400. The Morgan fingerprint density at radius 1 is 1.33 bits per heavy atom. The molecule has 0 radical (unpaired) electrons. The molecule has 5 heteroatoms. The molecule has 0 saturated carbocycles. The summed E-state index contributed by atoms with van der Waals surface area (Å²) in [6.45, 7) is -3.00. The summed E-state index contributed by atoms with van der Waals surface area (Å²) < 4.78 is 41.3. The highest BCUT2D eigenvalue weighted by Gasteiger charge is 2.13. The molecule has 0 spiro atoms. The molecule has 0 amide bonds. The average molecular weight is 283 g/mol. The number of rotatable bonds is 5. The second-order valence-electron chi connectivity index (χ2n) is 2.90. The number of alkyl halides is 3. The lowest BCUT2D eigenvalue weighted by atomic mass is 10.1. The van der Waals surface area contributed by atoms with Crippen molar-refractivity contribution in [3.8, 4) is 5.75 Å². The maximum absolute atomic E-state index is 13.2. The van der Waals surface area contributed by atoms with Gasteiger partial charge in [0.2, 0.25) is 0 Å². The van der Waals surface area contributed by atoms with Gasteiger partial charge in [-0.1, -0.05) is 28.1 Å². The minimum Gasteiger partial charge on any atom is -0.431 e. The van der Waals surface area contributed by atoms with Crippen LogP contribution in [0.3, 0.4) is 0 Å². The highest BCUT2D eigenvalue weighted by atomic mass is 79.9. The Morgan fingerprint density at radius 2 is 2.07 bits per heavy atom. The number of hydrogen-bond donors (Lipinski definition) is 0. The van der Waals surface area contributed by atoms with Gasteiger partial charge in [-0.05, 0) is 24.5 Å². The number of halogens is 4. The lowest BCUT2D eigenvalue weighted by Gasteiger charge is -2.10. The van der Waals surface area contributed by atoms with E-state index in [1.807, 2.05) is 0 Å². The molecule has 1 nitrogen and oxygen atoms in total. The van der Waals surface area contributed by atoms with Crippen LogP contribution in [0.1, 0.15) is 12.0 Å². The van der Waals surface area contributed by atoms with Gasteiger partial charge < -0.3 is 4.74 Å². The van der Waals surface area contributed by atoms with E-state index in [-0.39, 0.29) is 5.75 Å². The van der Waals surface area contributed by atoms with Crippen LogP contribution in [0, 0.1) is 5.82 Å². The summed E-state index contributed by atoms with van der Waals surface area (Å²) in [6.07, 6.45) is 1.24. The van der Waals surface area contributed by atoms with E-state index >= 15 is 0 Å². The van der Waals surface area contributed by atoms with Crippen LogP contribution in [0.15, 0.2) is 18.2 Å². The Balaban J connectivity index is 2.87. The van der Waals surface area contributed by atoms with Crippen LogP contribution < -0.4 is 4.74 Å². The normalized spacial score (nSPS) is 10.7. The minimum absolute atomic E-state index is 0.339. The Labute approximate surface area is 94.4 Å². The summed E-state index contributed by atoms with van der Waals surface area (Å²) >= 11 is 3.22. The lowest BCUT2D eigenvalue weighted by molar-refractivity contribution is -0.0528. The van der Waals surface area contributed by atoms with E-state index < -0.39 is 12.4 Å². The van der Waals surface area contributed by atoms with E-state index in [0.717, 1.165) is 17.8 Å². The molecule has 1 aromatic rings. The third-order valence-electron chi connectivity index (χ3n) is 1.84. The molecule has 0 aliphatic carbocycles. The van der Waals surface area contributed by atoms with E-state index in [4.69, 9.17) is 0 Å². The first-order valence-corrected chi connectivity index (χ1v) is 5.55. The van der Waals surface area contributed by atoms with Crippen LogP contribution in [0.25, 0.3) is 0 Å². The molecule has 0 N–H and O–H groups in total. The third-order valence-corrected chi connectivity index (χ3v) is 2.40. The summed E-state index contributed by atoms with van der Waals surface area (Å²) in [5.41, 5.74) is 0.467. The molecule has 0 atom stereocenters. The van der Waals surface area contributed by atoms with Gasteiger partial charge in [-0.2, -0.15) is 8.78 Å². The van der Waals surface area contributed by atoms with Crippen molar-refractivity contribution in [2.75, 3.05) is 5.33 Å². The van der Waals surface area contributed by atoms with E-state index in [0.29, 0.717) is 12.0 Å². The Morgan fingerprint density at radius 3 is 2.67 bits per heavy atom. The van der Waals surface area contributed by atoms with Gasteiger partial charge in [-0.15, -0.1) is 0 Å². The van der Waals surface area contributed by atoms with Crippen LogP contribution >= 0.6 is 15.9 Å². The van der Waals surface area contributed by atoms with Crippen LogP contribution in [0.5, 0.6) is 5.75 Å². The predicted octanol–water partition coefficient (Wildman–Crippen LogP) is 3.75. The topological polar surface area (TPSA) is 9.23 Å². The first kappa shape index (κ1) is 12.4. The van der Waals surface area contributed by atoms with Crippen LogP contribution in [0.4, 0.5) is 13.2 Å². The maximum atomic E-state index is 13.2. The van der Waals surface area contributed by atoms with Gasteiger partial charge in [0.1, 0.15) is 0 Å². The molecule has 0 aliphatic rings. The summed E-state index contributed by atoms with van der Waals surface area (Å²) in [5, 5.41) is 0.734. The maximum Gasteiger partial charge on any atom is 0.387 e. The molecule has 0 aliphatic heterocycles. The van der Waals surface area contributed by atoms with Gasteiger partial charge in [-0.3, -0.25) is 0 Å². The largest absolute Gasteiger partial charge is 0.431 e. The summed E-state index contributed by atoms with van der Waals surface area (Å²) in [4.78, 5) is 0. The van der Waals surface area contributed by atoms with Crippen molar-refractivity contribution in [1.82, 2.24) is 0 Å². The Kier molecular flexibility index (Phi) is 4.94. The third kappa shape index (κ3) is 3.74. The minimum atomic E-state index is -3.00. The highest BCUT2D eigenvalue weighted by Crippen LogP contribution is 2.25. The van der Waals surface area contributed by atoms with Gasteiger partial charge in [0.25, 0.3) is 0 Å². The molecule has 0 fully saturated rings. The summed E-state index contributed by atoms with van der Waals surface area (Å²) in [5.74, 6) is -1.09. The molecule has 84 valence electrons. The number of aryl methyl sites for hydroxylation is 1. The highest BCUT2D eigenvalue weighted by molar-refractivity contribution is 9.09. The molecule has 0 unspecified atom stereocenters.